The van der Waals surface area contributed by atoms with Crippen molar-refractivity contribution < 1.29 is 19.8 Å². The second-order valence-electron chi connectivity index (χ2n) is 4.55. The molecular formula is C10H22NO3+. The van der Waals surface area contributed by atoms with E-state index in [-0.39, 0.29) is 12.6 Å². The van der Waals surface area contributed by atoms with Crippen LogP contribution in [0.25, 0.3) is 0 Å². The molecule has 0 bridgehead atoms. The van der Waals surface area contributed by atoms with E-state index in [4.69, 9.17) is 0 Å². The molecule has 4 atom stereocenters. The molecule has 14 heavy (non-hydrogen) atoms. The molecule has 84 valence electrons. The van der Waals surface area contributed by atoms with E-state index in [0.29, 0.717) is 11.0 Å². The van der Waals surface area contributed by atoms with Crippen molar-refractivity contribution >= 4 is 0 Å². The fraction of sp³-hybridized carbons (Fsp3) is 1.00. The number of quaternary nitrogens is 1. The molecule has 0 aliphatic carbocycles. The summed E-state index contributed by atoms with van der Waals surface area (Å²) in [6.45, 7) is 3.52. The molecule has 0 spiro atoms. The first-order valence-electron chi connectivity index (χ1n) is 5.36. The van der Waals surface area contributed by atoms with Crippen molar-refractivity contribution in [3.05, 3.63) is 0 Å². The summed E-state index contributed by atoms with van der Waals surface area (Å²) in [4.78, 5) is 0. The van der Waals surface area contributed by atoms with Crippen LogP contribution in [0.2, 0.25) is 0 Å². The summed E-state index contributed by atoms with van der Waals surface area (Å²) in [5, 5.41) is 28.4. The largest absolute Gasteiger partial charge is 0.390 e. The third-order valence-corrected chi connectivity index (χ3v) is 3.40. The highest BCUT2D eigenvalue weighted by Gasteiger charge is 2.49. The molecule has 1 fully saturated rings. The number of nitrogens with zero attached hydrogens (tertiary/aromatic N) is 1. The Morgan fingerprint density at radius 1 is 1.36 bits per heavy atom. The first kappa shape index (κ1) is 11.9. The molecule has 4 nitrogen and oxygen atoms in total. The molecule has 4 heteroatoms. The minimum absolute atomic E-state index is 0.0571. The molecule has 0 radical (unpaired) electrons. The zero-order chi connectivity index (χ0) is 10.8. The second-order valence-corrected chi connectivity index (χ2v) is 4.55. The molecule has 1 unspecified atom stereocenters. The third-order valence-electron chi connectivity index (χ3n) is 3.40. The Kier molecular flexibility index (Phi) is 3.89. The molecule has 1 rings (SSSR count). The molecular weight excluding hydrogens is 182 g/mol. The monoisotopic (exact) mass is 204 g/mol. The lowest BCUT2D eigenvalue weighted by molar-refractivity contribution is -0.924. The van der Waals surface area contributed by atoms with Gasteiger partial charge in [0.25, 0.3) is 0 Å². The van der Waals surface area contributed by atoms with E-state index in [9.17, 15) is 15.3 Å². The maximum absolute atomic E-state index is 9.67. The van der Waals surface area contributed by atoms with Crippen LogP contribution in [-0.2, 0) is 0 Å². The van der Waals surface area contributed by atoms with Gasteiger partial charge >= 0.3 is 0 Å². The van der Waals surface area contributed by atoms with Crippen molar-refractivity contribution in [2.75, 3.05) is 26.7 Å². The summed E-state index contributed by atoms with van der Waals surface area (Å²) < 4.78 is 0.590. The van der Waals surface area contributed by atoms with Crippen LogP contribution in [0.15, 0.2) is 0 Å². The third kappa shape index (κ3) is 2.08. The number of rotatable bonds is 4. The molecule has 0 amide bonds. The van der Waals surface area contributed by atoms with Crippen molar-refractivity contribution in [3.63, 3.8) is 0 Å². The standard InChI is InChI=1S/C10H22NO3/c1-3-4-5-11(2)6-9(13)10(14)8(11)7-12/h8-10,12-14H,3-7H2,1-2H3/q+1/t8-,9-,10-,11?/m1/s1. The van der Waals surface area contributed by atoms with E-state index in [2.05, 4.69) is 6.92 Å². The molecule has 1 aliphatic rings. The number of hydrogen-bond acceptors (Lipinski definition) is 3. The summed E-state index contributed by atoms with van der Waals surface area (Å²) in [6.07, 6.45) is 0.695. The van der Waals surface area contributed by atoms with Crippen LogP contribution < -0.4 is 0 Å². The van der Waals surface area contributed by atoms with Crippen LogP contribution >= 0.6 is 0 Å². The van der Waals surface area contributed by atoms with Gasteiger partial charge in [-0.2, -0.15) is 0 Å². The molecule has 0 aromatic heterocycles. The molecule has 1 aliphatic heterocycles. The van der Waals surface area contributed by atoms with Crippen molar-refractivity contribution in [3.8, 4) is 0 Å². The van der Waals surface area contributed by atoms with Gasteiger partial charge in [0.1, 0.15) is 24.8 Å². The quantitative estimate of drug-likeness (QED) is 0.532. The highest BCUT2D eigenvalue weighted by molar-refractivity contribution is 4.83. The number of likely N-dealkylation sites (N-methyl/N-ethyl adjacent to an activating group) is 1. The van der Waals surface area contributed by atoms with Gasteiger partial charge in [0.2, 0.25) is 0 Å². The van der Waals surface area contributed by atoms with E-state index < -0.39 is 12.2 Å². The number of hydrogen-bond donors (Lipinski definition) is 3. The molecule has 1 saturated heterocycles. The van der Waals surface area contributed by atoms with Gasteiger partial charge in [0.05, 0.1) is 20.2 Å². The first-order chi connectivity index (χ1) is 6.55. The van der Waals surface area contributed by atoms with Crippen LogP contribution in [0.5, 0.6) is 0 Å². The van der Waals surface area contributed by atoms with E-state index in [1.807, 2.05) is 7.05 Å². The average molecular weight is 204 g/mol. The molecule has 0 aromatic rings. The highest BCUT2D eigenvalue weighted by Crippen LogP contribution is 2.26. The summed E-state index contributed by atoms with van der Waals surface area (Å²) in [6, 6.07) is -0.225. The number of likely N-dealkylation sites (tertiary alicyclic amines) is 1. The lowest BCUT2D eigenvalue weighted by atomic mass is 10.1. The van der Waals surface area contributed by atoms with Gasteiger partial charge < -0.3 is 19.8 Å². The van der Waals surface area contributed by atoms with Crippen molar-refractivity contribution in [1.29, 1.82) is 0 Å². The van der Waals surface area contributed by atoms with Crippen LogP contribution in [0.4, 0.5) is 0 Å². The summed E-state index contributed by atoms with van der Waals surface area (Å²) in [7, 11) is 2.00. The summed E-state index contributed by atoms with van der Waals surface area (Å²) >= 11 is 0. The molecule has 3 N–H and O–H groups in total. The zero-order valence-corrected chi connectivity index (χ0v) is 9.06. The maximum atomic E-state index is 9.67. The normalized spacial score (nSPS) is 43.1. The smallest absolute Gasteiger partial charge is 0.141 e. The van der Waals surface area contributed by atoms with Crippen LogP contribution in [0.1, 0.15) is 19.8 Å². The van der Waals surface area contributed by atoms with Crippen LogP contribution in [-0.4, -0.2) is 64.8 Å². The fourth-order valence-corrected chi connectivity index (χ4v) is 2.38. The topological polar surface area (TPSA) is 60.7 Å². The predicted octanol–water partition coefficient (Wildman–Crippen LogP) is -0.671. The SMILES string of the molecule is CCCC[N+]1(C)C[C@@H](O)[C@H](O)[C@H]1CO. The minimum atomic E-state index is -0.776. The van der Waals surface area contributed by atoms with Gasteiger partial charge in [-0.05, 0) is 6.42 Å². The van der Waals surface area contributed by atoms with Gasteiger partial charge in [0.15, 0.2) is 0 Å². The lowest BCUT2D eigenvalue weighted by Gasteiger charge is -2.35. The average Bonchev–Trinajstić information content (AvgIpc) is 2.35. The van der Waals surface area contributed by atoms with E-state index >= 15 is 0 Å². The number of unbranched alkanes of at least 4 members (excludes halogenated alkanes) is 1. The summed E-state index contributed by atoms with van der Waals surface area (Å²) in [5.74, 6) is 0. The highest BCUT2D eigenvalue weighted by atomic mass is 16.3. The van der Waals surface area contributed by atoms with E-state index in [1.165, 1.54) is 0 Å². The summed E-state index contributed by atoms with van der Waals surface area (Å²) in [5.41, 5.74) is 0. The van der Waals surface area contributed by atoms with Crippen molar-refractivity contribution in [2.24, 2.45) is 0 Å². The Morgan fingerprint density at radius 2 is 2.00 bits per heavy atom. The molecule has 0 aromatic carbocycles. The molecule has 1 heterocycles. The van der Waals surface area contributed by atoms with Gasteiger partial charge in [-0.3, -0.25) is 0 Å². The van der Waals surface area contributed by atoms with E-state index in [0.717, 1.165) is 19.4 Å². The number of aliphatic hydroxyl groups is 3. The zero-order valence-electron chi connectivity index (χ0n) is 9.06. The van der Waals surface area contributed by atoms with Crippen molar-refractivity contribution in [1.82, 2.24) is 0 Å². The van der Waals surface area contributed by atoms with E-state index in [1.54, 1.807) is 0 Å². The Labute approximate surface area is 85.4 Å². The Bertz CT molecular complexity index is 188. The van der Waals surface area contributed by atoms with Gasteiger partial charge in [-0.15, -0.1) is 0 Å². The minimum Gasteiger partial charge on any atom is -0.390 e. The fourth-order valence-electron chi connectivity index (χ4n) is 2.38. The van der Waals surface area contributed by atoms with Gasteiger partial charge in [0, 0.05) is 0 Å². The molecule has 0 saturated carbocycles. The predicted molar refractivity (Wildman–Crippen MR) is 53.7 cm³/mol. The Balaban J connectivity index is 2.66. The lowest BCUT2D eigenvalue weighted by Crippen LogP contribution is -2.53. The van der Waals surface area contributed by atoms with Gasteiger partial charge in [-0.1, -0.05) is 13.3 Å². The van der Waals surface area contributed by atoms with Gasteiger partial charge in [-0.25, -0.2) is 0 Å². The first-order valence-corrected chi connectivity index (χ1v) is 5.36. The number of aliphatic hydroxyl groups excluding tert-OH is 3. The maximum Gasteiger partial charge on any atom is 0.141 e. The van der Waals surface area contributed by atoms with Crippen LogP contribution in [0, 0.1) is 0 Å². The Morgan fingerprint density at radius 3 is 2.50 bits per heavy atom. The van der Waals surface area contributed by atoms with Crippen LogP contribution in [0.3, 0.4) is 0 Å². The van der Waals surface area contributed by atoms with Crippen molar-refractivity contribution in [2.45, 2.75) is 38.0 Å². The Hall–Kier alpha value is -0.160. The second kappa shape index (κ2) is 4.57.